The Kier molecular flexibility index (Phi) is 4.27. The van der Waals surface area contributed by atoms with Gasteiger partial charge < -0.3 is 5.73 Å². The van der Waals surface area contributed by atoms with Crippen molar-refractivity contribution in [1.29, 1.82) is 0 Å². The van der Waals surface area contributed by atoms with Crippen molar-refractivity contribution in [1.82, 2.24) is 19.7 Å². The lowest BCUT2D eigenvalue weighted by Gasteiger charge is -2.16. The maximum absolute atomic E-state index is 6.41. The van der Waals surface area contributed by atoms with Crippen LogP contribution in [0.1, 0.15) is 36.9 Å². The van der Waals surface area contributed by atoms with E-state index >= 15 is 0 Å². The fraction of sp³-hybridized carbons (Fsp3) is 0.400. The van der Waals surface area contributed by atoms with Crippen LogP contribution in [-0.2, 0) is 6.54 Å². The van der Waals surface area contributed by atoms with Gasteiger partial charge in [0.2, 0.25) is 0 Å². The van der Waals surface area contributed by atoms with E-state index in [1.54, 1.807) is 0 Å². The Morgan fingerprint density at radius 3 is 2.72 bits per heavy atom. The highest BCUT2D eigenvalue weighted by molar-refractivity contribution is 5.75. The number of fused-ring (bicyclic) bond motifs is 1. The second kappa shape index (κ2) is 6.58. The highest BCUT2D eigenvalue weighted by Crippen LogP contribution is 2.27. The standard InChI is InChI=1S/C20H25N5/c1-14(2)25-20-17(10-23-25)8-15(9-22-20)11-24-12-18(19(21)13-24)16-6-4-3-5-7-16/h3-10,14,18-19H,11-13,21H2,1-2H3/t18-,19+/m0/s1. The molecule has 3 heterocycles. The molecule has 0 aliphatic carbocycles. The van der Waals surface area contributed by atoms with Crippen LogP contribution in [0.4, 0.5) is 0 Å². The van der Waals surface area contributed by atoms with Gasteiger partial charge in [-0.2, -0.15) is 5.10 Å². The maximum Gasteiger partial charge on any atom is 0.157 e. The molecule has 130 valence electrons. The van der Waals surface area contributed by atoms with Gasteiger partial charge in [0.15, 0.2) is 5.65 Å². The average molecular weight is 335 g/mol. The van der Waals surface area contributed by atoms with Crippen molar-refractivity contribution in [3.8, 4) is 0 Å². The molecule has 0 bridgehead atoms. The molecule has 25 heavy (non-hydrogen) atoms. The van der Waals surface area contributed by atoms with Gasteiger partial charge in [-0.05, 0) is 31.0 Å². The minimum atomic E-state index is 0.183. The maximum atomic E-state index is 6.41. The van der Waals surface area contributed by atoms with Crippen molar-refractivity contribution in [2.24, 2.45) is 5.73 Å². The molecule has 0 saturated carbocycles. The minimum absolute atomic E-state index is 0.183. The SMILES string of the molecule is CC(C)n1ncc2cc(CN3C[C@@H](N)[C@H](c4ccccc4)C3)cnc21. The lowest BCUT2D eigenvalue weighted by atomic mass is 9.95. The first-order chi connectivity index (χ1) is 12.1. The quantitative estimate of drug-likeness (QED) is 0.796. The third-order valence-electron chi connectivity index (χ3n) is 5.05. The molecule has 1 aromatic carbocycles. The molecule has 2 atom stereocenters. The topological polar surface area (TPSA) is 60.0 Å². The summed E-state index contributed by atoms with van der Waals surface area (Å²) in [5, 5.41) is 5.56. The molecule has 3 aromatic rings. The van der Waals surface area contributed by atoms with Crippen LogP contribution < -0.4 is 5.73 Å². The van der Waals surface area contributed by atoms with Crippen molar-refractivity contribution >= 4 is 11.0 Å². The first-order valence-corrected chi connectivity index (χ1v) is 8.97. The summed E-state index contributed by atoms with van der Waals surface area (Å²) < 4.78 is 1.97. The highest BCUT2D eigenvalue weighted by Gasteiger charge is 2.31. The summed E-state index contributed by atoms with van der Waals surface area (Å²) in [5.41, 5.74) is 9.93. The smallest absolute Gasteiger partial charge is 0.157 e. The number of hydrogen-bond donors (Lipinski definition) is 1. The monoisotopic (exact) mass is 335 g/mol. The second-order valence-electron chi connectivity index (χ2n) is 7.31. The predicted molar refractivity (Wildman–Crippen MR) is 100 cm³/mol. The molecule has 1 fully saturated rings. The Hall–Kier alpha value is -2.24. The number of likely N-dealkylation sites (tertiary alicyclic amines) is 1. The van der Waals surface area contributed by atoms with E-state index in [9.17, 15) is 0 Å². The van der Waals surface area contributed by atoms with Gasteiger partial charge in [-0.25, -0.2) is 9.67 Å². The predicted octanol–water partition coefficient (Wildman–Crippen LogP) is 2.94. The molecule has 2 N–H and O–H groups in total. The van der Waals surface area contributed by atoms with E-state index in [0.717, 1.165) is 30.7 Å². The summed E-state index contributed by atoms with van der Waals surface area (Å²) in [6.07, 6.45) is 3.89. The summed E-state index contributed by atoms with van der Waals surface area (Å²) in [5.74, 6) is 0.404. The Bertz CT molecular complexity index is 855. The first-order valence-electron chi connectivity index (χ1n) is 8.97. The fourth-order valence-electron chi connectivity index (χ4n) is 3.80. The van der Waals surface area contributed by atoms with Gasteiger partial charge in [0.1, 0.15) is 0 Å². The van der Waals surface area contributed by atoms with E-state index in [2.05, 4.69) is 65.2 Å². The van der Waals surface area contributed by atoms with Crippen molar-refractivity contribution in [2.75, 3.05) is 13.1 Å². The van der Waals surface area contributed by atoms with Gasteiger partial charge in [0.25, 0.3) is 0 Å². The van der Waals surface area contributed by atoms with Crippen LogP contribution in [0.3, 0.4) is 0 Å². The van der Waals surface area contributed by atoms with Crippen LogP contribution >= 0.6 is 0 Å². The van der Waals surface area contributed by atoms with Gasteiger partial charge >= 0.3 is 0 Å². The average Bonchev–Trinajstić information content (AvgIpc) is 3.19. The largest absolute Gasteiger partial charge is 0.326 e. The number of rotatable bonds is 4. The van der Waals surface area contributed by atoms with E-state index < -0.39 is 0 Å². The van der Waals surface area contributed by atoms with Gasteiger partial charge in [-0.1, -0.05) is 30.3 Å². The van der Waals surface area contributed by atoms with Crippen molar-refractivity contribution < 1.29 is 0 Å². The molecule has 1 aliphatic rings. The molecule has 4 rings (SSSR count). The third-order valence-corrected chi connectivity index (χ3v) is 5.05. The summed E-state index contributed by atoms with van der Waals surface area (Å²) in [6, 6.07) is 13.3. The molecule has 1 saturated heterocycles. The Morgan fingerprint density at radius 2 is 1.96 bits per heavy atom. The summed E-state index contributed by atoms with van der Waals surface area (Å²) >= 11 is 0. The lowest BCUT2D eigenvalue weighted by molar-refractivity contribution is 0.323. The molecule has 5 nitrogen and oxygen atoms in total. The molecular formula is C20H25N5. The number of pyridine rings is 1. The molecule has 5 heteroatoms. The normalized spacial score (nSPS) is 21.4. The summed E-state index contributed by atoms with van der Waals surface area (Å²) in [7, 11) is 0. The van der Waals surface area contributed by atoms with Crippen LogP contribution in [0, 0.1) is 0 Å². The van der Waals surface area contributed by atoms with Crippen LogP contribution in [0.15, 0.2) is 48.8 Å². The zero-order chi connectivity index (χ0) is 17.4. The van der Waals surface area contributed by atoms with Crippen molar-refractivity contribution in [3.05, 3.63) is 59.9 Å². The zero-order valence-electron chi connectivity index (χ0n) is 14.8. The molecule has 2 aromatic heterocycles. The molecule has 0 spiro atoms. The van der Waals surface area contributed by atoms with E-state index in [1.165, 1.54) is 11.1 Å². The molecular weight excluding hydrogens is 310 g/mol. The number of aromatic nitrogens is 3. The Labute approximate surface area is 148 Å². The van der Waals surface area contributed by atoms with Crippen molar-refractivity contribution in [3.63, 3.8) is 0 Å². The van der Waals surface area contributed by atoms with E-state index in [1.807, 2.05) is 17.1 Å². The molecule has 0 unspecified atom stereocenters. The first kappa shape index (κ1) is 16.2. The minimum Gasteiger partial charge on any atom is -0.326 e. The van der Waals surface area contributed by atoms with Crippen LogP contribution in [0.2, 0.25) is 0 Å². The molecule has 1 aliphatic heterocycles. The van der Waals surface area contributed by atoms with Gasteiger partial charge in [0.05, 0.1) is 6.20 Å². The zero-order valence-corrected chi connectivity index (χ0v) is 14.8. The van der Waals surface area contributed by atoms with Gasteiger partial charge in [0, 0.05) is 49.2 Å². The summed E-state index contributed by atoms with van der Waals surface area (Å²) in [6.45, 7) is 7.04. The second-order valence-corrected chi connectivity index (χ2v) is 7.31. The Balaban J connectivity index is 1.50. The molecule has 0 amide bonds. The van der Waals surface area contributed by atoms with E-state index in [-0.39, 0.29) is 6.04 Å². The van der Waals surface area contributed by atoms with Crippen molar-refractivity contribution in [2.45, 2.75) is 38.4 Å². The highest BCUT2D eigenvalue weighted by atomic mass is 15.3. The Morgan fingerprint density at radius 1 is 1.16 bits per heavy atom. The number of nitrogens with zero attached hydrogens (tertiary/aromatic N) is 4. The number of hydrogen-bond acceptors (Lipinski definition) is 4. The van der Waals surface area contributed by atoms with Crippen LogP contribution in [0.5, 0.6) is 0 Å². The summed E-state index contributed by atoms with van der Waals surface area (Å²) in [4.78, 5) is 7.07. The third kappa shape index (κ3) is 3.17. The lowest BCUT2D eigenvalue weighted by Crippen LogP contribution is -2.28. The van der Waals surface area contributed by atoms with Crippen LogP contribution in [-0.4, -0.2) is 38.8 Å². The fourth-order valence-corrected chi connectivity index (χ4v) is 3.80. The van der Waals surface area contributed by atoms with Gasteiger partial charge in [-0.3, -0.25) is 4.90 Å². The number of nitrogens with two attached hydrogens (primary N) is 1. The number of benzene rings is 1. The molecule has 0 radical (unpaired) electrons. The van der Waals surface area contributed by atoms with Crippen LogP contribution in [0.25, 0.3) is 11.0 Å². The van der Waals surface area contributed by atoms with E-state index in [0.29, 0.717) is 12.0 Å². The van der Waals surface area contributed by atoms with Gasteiger partial charge in [-0.15, -0.1) is 0 Å². The van der Waals surface area contributed by atoms with E-state index in [4.69, 9.17) is 5.73 Å².